The lowest BCUT2D eigenvalue weighted by atomic mass is 10.0. The topological polar surface area (TPSA) is 71.1 Å². The molecule has 1 aromatic heterocycles. The first-order valence-electron chi connectivity index (χ1n) is 12.6. The number of halogens is 1. The summed E-state index contributed by atoms with van der Waals surface area (Å²) in [4.78, 5) is 14.8. The quantitative estimate of drug-likeness (QED) is 0.222. The van der Waals surface area contributed by atoms with E-state index in [2.05, 4.69) is 6.07 Å². The van der Waals surface area contributed by atoms with E-state index in [1.807, 2.05) is 48.7 Å². The number of nitriles is 1. The minimum atomic E-state index is -0.306. The number of piperidine rings is 1. The van der Waals surface area contributed by atoms with Gasteiger partial charge >= 0.3 is 0 Å². The fourth-order valence-corrected chi connectivity index (χ4v) is 4.48. The lowest BCUT2D eigenvalue weighted by Crippen LogP contribution is -2.36. The first-order chi connectivity index (χ1) is 18.6. The monoisotopic (exact) mass is 506 g/mol. The molecule has 38 heavy (non-hydrogen) atoms. The van der Waals surface area contributed by atoms with Gasteiger partial charge in [0.05, 0.1) is 11.4 Å². The number of carbonyl (C=O) groups excluding carboxylic acids is 1. The van der Waals surface area contributed by atoms with E-state index >= 15 is 0 Å². The van der Waals surface area contributed by atoms with Crippen molar-refractivity contribution in [1.29, 1.82) is 5.26 Å². The second kappa shape index (κ2) is 11.6. The van der Waals surface area contributed by atoms with Crippen molar-refractivity contribution < 1.29 is 13.9 Å². The molecule has 1 amide bonds. The zero-order valence-electron chi connectivity index (χ0n) is 20.9. The molecule has 1 fully saturated rings. The van der Waals surface area contributed by atoms with Crippen LogP contribution < -0.4 is 4.74 Å². The largest absolute Gasteiger partial charge is 0.489 e. The van der Waals surface area contributed by atoms with Crippen LogP contribution in [0.25, 0.3) is 23.0 Å². The Labute approximate surface area is 221 Å². The Morgan fingerprint density at radius 1 is 0.974 bits per heavy atom. The number of para-hydroxylation sites is 1. The third-order valence-electron chi connectivity index (χ3n) is 6.54. The maximum Gasteiger partial charge on any atom is 0.264 e. The van der Waals surface area contributed by atoms with Gasteiger partial charge in [-0.3, -0.25) is 4.79 Å². The van der Waals surface area contributed by atoms with Crippen molar-refractivity contribution in [2.45, 2.75) is 25.9 Å². The predicted octanol–water partition coefficient (Wildman–Crippen LogP) is 6.18. The van der Waals surface area contributed by atoms with Crippen LogP contribution in [0.4, 0.5) is 4.39 Å². The second-order valence-electron chi connectivity index (χ2n) is 9.14. The van der Waals surface area contributed by atoms with Crippen molar-refractivity contribution in [1.82, 2.24) is 14.7 Å². The van der Waals surface area contributed by atoms with Crippen LogP contribution in [-0.4, -0.2) is 33.7 Å². The van der Waals surface area contributed by atoms with E-state index in [0.717, 1.165) is 30.5 Å². The molecule has 0 bridgehead atoms. The predicted molar refractivity (Wildman–Crippen MR) is 144 cm³/mol. The Kier molecular flexibility index (Phi) is 7.60. The minimum Gasteiger partial charge on any atom is -0.489 e. The molecule has 0 spiro atoms. The SMILES string of the molecule is N#C/C(=C/c1cn(-c2ccccc2)nc1-c1ccc(OCc2ccccc2F)cc1)C(=O)N1CCCCC1. The minimum absolute atomic E-state index is 0.0885. The zero-order valence-corrected chi connectivity index (χ0v) is 20.9. The fourth-order valence-electron chi connectivity index (χ4n) is 4.48. The van der Waals surface area contributed by atoms with Gasteiger partial charge in [-0.2, -0.15) is 10.4 Å². The summed E-state index contributed by atoms with van der Waals surface area (Å²) in [6.07, 6.45) is 6.46. The highest BCUT2D eigenvalue weighted by Gasteiger charge is 2.21. The van der Waals surface area contributed by atoms with Crippen LogP contribution in [0.1, 0.15) is 30.4 Å². The van der Waals surface area contributed by atoms with Crippen LogP contribution in [-0.2, 0) is 11.4 Å². The molecule has 0 unspecified atom stereocenters. The van der Waals surface area contributed by atoms with E-state index in [4.69, 9.17) is 9.84 Å². The maximum atomic E-state index is 13.9. The molecule has 0 atom stereocenters. The number of nitrogens with zero attached hydrogens (tertiary/aromatic N) is 4. The number of hydrogen-bond donors (Lipinski definition) is 0. The maximum absolute atomic E-state index is 13.9. The van der Waals surface area contributed by atoms with Crippen molar-refractivity contribution in [2.24, 2.45) is 0 Å². The summed E-state index contributed by atoms with van der Waals surface area (Å²) in [6, 6.07) is 25.6. The lowest BCUT2D eigenvalue weighted by molar-refractivity contribution is -0.127. The van der Waals surface area contributed by atoms with Gasteiger partial charge in [-0.25, -0.2) is 9.07 Å². The van der Waals surface area contributed by atoms with Gasteiger partial charge in [0.25, 0.3) is 5.91 Å². The van der Waals surface area contributed by atoms with E-state index < -0.39 is 0 Å². The first kappa shape index (κ1) is 25.0. The zero-order chi connectivity index (χ0) is 26.3. The summed E-state index contributed by atoms with van der Waals surface area (Å²) >= 11 is 0. The number of likely N-dealkylation sites (tertiary alicyclic amines) is 1. The summed E-state index contributed by atoms with van der Waals surface area (Å²) in [5.41, 5.74) is 3.52. The Hall–Kier alpha value is -4.70. The number of aromatic nitrogens is 2. The standard InChI is InChI=1S/C31H27FN4O2/c32-29-12-6-5-9-24(29)22-38-28-15-13-23(14-16-28)30-26(21-36(34-30)27-10-3-1-4-11-27)19-25(20-33)31(37)35-17-7-2-8-18-35/h1,3-6,9-16,19,21H,2,7-8,17-18,22H2/b25-19-. The molecule has 0 saturated carbocycles. The Bertz CT molecular complexity index is 1480. The number of ether oxygens (including phenoxy) is 1. The van der Waals surface area contributed by atoms with Gasteiger partial charge in [0.1, 0.15) is 29.8 Å². The van der Waals surface area contributed by atoms with Crippen molar-refractivity contribution >= 4 is 12.0 Å². The second-order valence-corrected chi connectivity index (χ2v) is 9.14. The number of amides is 1. The molecule has 0 radical (unpaired) electrons. The highest BCUT2D eigenvalue weighted by Crippen LogP contribution is 2.28. The normalized spacial score (nSPS) is 13.7. The smallest absolute Gasteiger partial charge is 0.264 e. The van der Waals surface area contributed by atoms with Crippen molar-refractivity contribution in [2.75, 3.05) is 13.1 Å². The van der Waals surface area contributed by atoms with Crippen molar-refractivity contribution in [3.8, 4) is 28.8 Å². The molecule has 3 aromatic carbocycles. The highest BCUT2D eigenvalue weighted by molar-refractivity contribution is 6.02. The van der Waals surface area contributed by atoms with Gasteiger partial charge in [0, 0.05) is 36.0 Å². The molecule has 190 valence electrons. The van der Waals surface area contributed by atoms with Gasteiger partial charge in [-0.15, -0.1) is 0 Å². The van der Waals surface area contributed by atoms with Gasteiger partial charge < -0.3 is 9.64 Å². The van der Waals surface area contributed by atoms with Gasteiger partial charge in [-0.05, 0) is 67.8 Å². The fraction of sp³-hybridized carbons (Fsp3) is 0.194. The molecule has 7 heteroatoms. The van der Waals surface area contributed by atoms with Crippen molar-refractivity contribution in [3.05, 3.63) is 108 Å². The van der Waals surface area contributed by atoms with Crippen LogP contribution in [0.5, 0.6) is 5.75 Å². The average Bonchev–Trinajstić information content (AvgIpc) is 3.40. The van der Waals surface area contributed by atoms with Crippen LogP contribution >= 0.6 is 0 Å². The van der Waals surface area contributed by atoms with Crippen LogP contribution in [0, 0.1) is 17.1 Å². The Morgan fingerprint density at radius 2 is 1.68 bits per heavy atom. The molecule has 5 rings (SSSR count). The van der Waals surface area contributed by atoms with Gasteiger partial charge in [0.15, 0.2) is 0 Å². The average molecular weight is 507 g/mol. The van der Waals surface area contributed by atoms with Crippen LogP contribution in [0.2, 0.25) is 0 Å². The molecule has 6 nitrogen and oxygen atoms in total. The van der Waals surface area contributed by atoms with Crippen molar-refractivity contribution in [3.63, 3.8) is 0 Å². The molecular weight excluding hydrogens is 479 g/mol. The third kappa shape index (κ3) is 5.65. The van der Waals surface area contributed by atoms with E-state index in [0.29, 0.717) is 35.7 Å². The summed E-state index contributed by atoms with van der Waals surface area (Å²) in [5.74, 6) is 0.0384. The highest BCUT2D eigenvalue weighted by atomic mass is 19.1. The molecule has 1 aliphatic rings. The van der Waals surface area contributed by atoms with Crippen LogP contribution in [0.15, 0.2) is 90.6 Å². The molecule has 2 heterocycles. The summed E-state index contributed by atoms with van der Waals surface area (Å²) < 4.78 is 21.4. The number of carbonyl (C=O) groups is 1. The van der Waals surface area contributed by atoms with Gasteiger partial charge in [0.2, 0.25) is 0 Å². The molecule has 0 aliphatic carbocycles. The molecule has 1 aliphatic heterocycles. The summed E-state index contributed by atoms with van der Waals surface area (Å²) in [5, 5.41) is 14.6. The van der Waals surface area contributed by atoms with E-state index in [9.17, 15) is 14.4 Å². The molecule has 0 N–H and O–H groups in total. The molecule has 1 saturated heterocycles. The van der Waals surface area contributed by atoms with E-state index in [1.165, 1.54) is 6.07 Å². The lowest BCUT2D eigenvalue weighted by Gasteiger charge is -2.26. The van der Waals surface area contributed by atoms with E-state index in [-0.39, 0.29) is 23.9 Å². The molecule has 4 aromatic rings. The number of benzene rings is 3. The number of rotatable bonds is 7. The Morgan fingerprint density at radius 3 is 2.39 bits per heavy atom. The van der Waals surface area contributed by atoms with E-state index in [1.54, 1.807) is 46.0 Å². The number of hydrogen-bond acceptors (Lipinski definition) is 4. The van der Waals surface area contributed by atoms with Crippen LogP contribution in [0.3, 0.4) is 0 Å². The molecular formula is C31H27FN4O2. The first-order valence-corrected chi connectivity index (χ1v) is 12.6. The summed E-state index contributed by atoms with van der Waals surface area (Å²) in [6.45, 7) is 1.46. The van der Waals surface area contributed by atoms with Gasteiger partial charge in [-0.1, -0.05) is 36.4 Å². The summed E-state index contributed by atoms with van der Waals surface area (Å²) in [7, 11) is 0. The third-order valence-corrected chi connectivity index (χ3v) is 6.54. The Balaban J connectivity index is 1.45.